The highest BCUT2D eigenvalue weighted by Gasteiger charge is 2.27. The highest BCUT2D eigenvalue weighted by atomic mass is 16.5. The number of esters is 1. The van der Waals surface area contributed by atoms with Crippen molar-refractivity contribution in [2.24, 2.45) is 0 Å². The Labute approximate surface area is 114 Å². The molecule has 1 aromatic carbocycles. The van der Waals surface area contributed by atoms with Crippen molar-refractivity contribution in [1.29, 1.82) is 0 Å². The van der Waals surface area contributed by atoms with E-state index in [1.165, 1.54) is 7.11 Å². The number of hydrogen-bond acceptors (Lipinski definition) is 4. The van der Waals surface area contributed by atoms with Gasteiger partial charge in [-0.2, -0.15) is 0 Å². The first kappa shape index (κ1) is 15.5. The van der Waals surface area contributed by atoms with E-state index in [0.717, 1.165) is 17.5 Å². The van der Waals surface area contributed by atoms with Crippen LogP contribution in [0.15, 0.2) is 12.1 Å². The van der Waals surface area contributed by atoms with Gasteiger partial charge in [-0.1, -0.05) is 32.9 Å². The Morgan fingerprint density at radius 2 is 1.95 bits per heavy atom. The molecule has 0 radical (unpaired) electrons. The maximum atomic E-state index is 11.6. The molecule has 0 aliphatic rings. The monoisotopic (exact) mass is 266 g/mol. The predicted octanol–water partition coefficient (Wildman–Crippen LogP) is 2.59. The first-order chi connectivity index (χ1) is 8.97. The van der Waals surface area contributed by atoms with Crippen molar-refractivity contribution in [3.63, 3.8) is 0 Å². The van der Waals surface area contributed by atoms with E-state index < -0.39 is 12.1 Å². The Kier molecular flexibility index (Phi) is 5.36. The summed E-state index contributed by atoms with van der Waals surface area (Å²) in [5.41, 5.74) is 2.38. The minimum absolute atomic E-state index is 0.175. The summed E-state index contributed by atoms with van der Waals surface area (Å²) in [7, 11) is 2.81. The molecule has 1 atom stereocenters. The van der Waals surface area contributed by atoms with Crippen LogP contribution in [0.4, 0.5) is 0 Å². The molecule has 0 aliphatic carbocycles. The summed E-state index contributed by atoms with van der Waals surface area (Å²) in [4.78, 5) is 11.6. The number of carbonyl (C=O) groups is 1. The van der Waals surface area contributed by atoms with Crippen LogP contribution in [-0.4, -0.2) is 25.3 Å². The van der Waals surface area contributed by atoms with E-state index in [-0.39, 0.29) is 5.92 Å². The standard InChI is InChI=1S/C15H22O4/c1-6-10-7-8-11(9(2)3)12(14(10)18-4)13(16)15(17)19-5/h7-9,13,16H,6H2,1-5H3. The van der Waals surface area contributed by atoms with Crippen molar-refractivity contribution in [2.75, 3.05) is 14.2 Å². The predicted molar refractivity (Wildman–Crippen MR) is 73.4 cm³/mol. The number of ether oxygens (including phenoxy) is 2. The Morgan fingerprint density at radius 1 is 1.32 bits per heavy atom. The van der Waals surface area contributed by atoms with Gasteiger partial charge in [-0.25, -0.2) is 4.79 Å². The highest BCUT2D eigenvalue weighted by Crippen LogP contribution is 2.36. The van der Waals surface area contributed by atoms with Gasteiger partial charge in [-0.3, -0.25) is 0 Å². The second-order valence-electron chi connectivity index (χ2n) is 4.69. The molecule has 1 rings (SSSR count). The lowest BCUT2D eigenvalue weighted by Crippen LogP contribution is -2.17. The molecule has 1 unspecified atom stereocenters. The van der Waals surface area contributed by atoms with Gasteiger partial charge in [-0.05, 0) is 23.5 Å². The van der Waals surface area contributed by atoms with E-state index in [1.807, 2.05) is 32.9 Å². The number of aryl methyl sites for hydroxylation is 1. The van der Waals surface area contributed by atoms with Crippen LogP contribution in [0.1, 0.15) is 49.5 Å². The highest BCUT2D eigenvalue weighted by molar-refractivity contribution is 5.78. The van der Waals surface area contributed by atoms with Gasteiger partial charge < -0.3 is 14.6 Å². The van der Waals surface area contributed by atoms with Gasteiger partial charge in [0.2, 0.25) is 0 Å². The third-order valence-electron chi connectivity index (χ3n) is 3.22. The molecule has 0 bridgehead atoms. The van der Waals surface area contributed by atoms with Gasteiger partial charge in [0, 0.05) is 5.56 Å². The molecule has 1 aromatic rings. The first-order valence-electron chi connectivity index (χ1n) is 6.43. The summed E-state index contributed by atoms with van der Waals surface area (Å²) in [6, 6.07) is 3.91. The lowest BCUT2D eigenvalue weighted by Gasteiger charge is -2.21. The summed E-state index contributed by atoms with van der Waals surface area (Å²) in [5.74, 6) is 0.0779. The second kappa shape index (κ2) is 6.57. The van der Waals surface area contributed by atoms with Crippen molar-refractivity contribution in [1.82, 2.24) is 0 Å². The lowest BCUT2D eigenvalue weighted by atomic mass is 9.90. The van der Waals surface area contributed by atoms with Gasteiger partial charge in [0.15, 0.2) is 6.10 Å². The molecule has 0 aliphatic heterocycles. The van der Waals surface area contributed by atoms with Crippen LogP contribution < -0.4 is 4.74 Å². The molecule has 1 N–H and O–H groups in total. The van der Waals surface area contributed by atoms with E-state index in [4.69, 9.17) is 4.74 Å². The summed E-state index contributed by atoms with van der Waals surface area (Å²) in [6.07, 6.45) is -0.550. The van der Waals surface area contributed by atoms with Crippen molar-refractivity contribution in [3.05, 3.63) is 28.8 Å². The minimum atomic E-state index is -1.32. The van der Waals surface area contributed by atoms with Gasteiger partial charge in [0.1, 0.15) is 5.75 Å². The normalized spacial score (nSPS) is 12.4. The van der Waals surface area contributed by atoms with Crippen LogP contribution in [0.3, 0.4) is 0 Å². The minimum Gasteiger partial charge on any atom is -0.496 e. The fourth-order valence-electron chi connectivity index (χ4n) is 2.19. The van der Waals surface area contributed by atoms with Crippen LogP contribution in [0, 0.1) is 0 Å². The van der Waals surface area contributed by atoms with Crippen molar-refractivity contribution < 1.29 is 19.4 Å². The number of rotatable bonds is 5. The van der Waals surface area contributed by atoms with Crippen molar-refractivity contribution >= 4 is 5.97 Å². The Balaban J connectivity index is 3.49. The zero-order valence-corrected chi connectivity index (χ0v) is 12.2. The Morgan fingerprint density at radius 3 is 2.37 bits per heavy atom. The number of hydrogen-bond donors (Lipinski definition) is 1. The van der Waals surface area contributed by atoms with Gasteiger partial charge in [0.05, 0.1) is 14.2 Å². The molecule has 19 heavy (non-hydrogen) atoms. The molecule has 0 spiro atoms. The lowest BCUT2D eigenvalue weighted by molar-refractivity contribution is -0.150. The van der Waals surface area contributed by atoms with E-state index in [2.05, 4.69) is 4.74 Å². The molecule has 4 heteroatoms. The average molecular weight is 266 g/mol. The zero-order valence-electron chi connectivity index (χ0n) is 12.2. The number of methoxy groups -OCH3 is 2. The molecule has 0 amide bonds. The molecule has 4 nitrogen and oxygen atoms in total. The summed E-state index contributed by atoms with van der Waals surface area (Å²) >= 11 is 0. The second-order valence-corrected chi connectivity index (χ2v) is 4.69. The molecule has 106 valence electrons. The van der Waals surface area contributed by atoms with Crippen LogP contribution >= 0.6 is 0 Å². The molecular formula is C15H22O4. The van der Waals surface area contributed by atoms with Crippen LogP contribution in [0.5, 0.6) is 5.75 Å². The maximum Gasteiger partial charge on any atom is 0.339 e. The fraction of sp³-hybridized carbons (Fsp3) is 0.533. The molecule has 0 saturated carbocycles. The van der Waals surface area contributed by atoms with Crippen LogP contribution in [0.25, 0.3) is 0 Å². The fourth-order valence-corrected chi connectivity index (χ4v) is 2.19. The van der Waals surface area contributed by atoms with E-state index in [0.29, 0.717) is 11.3 Å². The zero-order chi connectivity index (χ0) is 14.6. The van der Waals surface area contributed by atoms with Gasteiger partial charge in [0.25, 0.3) is 0 Å². The number of carbonyl (C=O) groups excluding carboxylic acids is 1. The average Bonchev–Trinajstić information content (AvgIpc) is 2.43. The third kappa shape index (κ3) is 3.07. The largest absolute Gasteiger partial charge is 0.496 e. The van der Waals surface area contributed by atoms with Crippen LogP contribution in [0.2, 0.25) is 0 Å². The topological polar surface area (TPSA) is 55.8 Å². The van der Waals surface area contributed by atoms with E-state index in [9.17, 15) is 9.90 Å². The van der Waals surface area contributed by atoms with Gasteiger partial charge in [-0.15, -0.1) is 0 Å². The van der Waals surface area contributed by atoms with Gasteiger partial charge >= 0.3 is 5.97 Å². The smallest absolute Gasteiger partial charge is 0.339 e. The SMILES string of the molecule is CCc1ccc(C(C)C)c(C(O)C(=O)OC)c1OC. The van der Waals surface area contributed by atoms with Crippen LogP contribution in [-0.2, 0) is 16.0 Å². The molecular weight excluding hydrogens is 244 g/mol. The summed E-state index contributed by atoms with van der Waals surface area (Å²) in [6.45, 7) is 6.02. The number of aliphatic hydroxyl groups is 1. The maximum absolute atomic E-state index is 11.6. The first-order valence-corrected chi connectivity index (χ1v) is 6.43. The molecule has 0 heterocycles. The number of aliphatic hydroxyl groups excluding tert-OH is 1. The molecule has 0 aromatic heterocycles. The third-order valence-corrected chi connectivity index (χ3v) is 3.22. The van der Waals surface area contributed by atoms with Crippen molar-refractivity contribution in [2.45, 2.75) is 39.2 Å². The number of benzene rings is 1. The Hall–Kier alpha value is -1.55. The Bertz CT molecular complexity index is 452. The molecule has 0 fully saturated rings. The molecule has 0 saturated heterocycles. The van der Waals surface area contributed by atoms with E-state index >= 15 is 0 Å². The van der Waals surface area contributed by atoms with E-state index in [1.54, 1.807) is 7.11 Å². The summed E-state index contributed by atoms with van der Waals surface area (Å²) < 4.78 is 10.0. The summed E-state index contributed by atoms with van der Waals surface area (Å²) in [5, 5.41) is 10.2. The van der Waals surface area contributed by atoms with Crippen molar-refractivity contribution in [3.8, 4) is 5.75 Å². The quantitative estimate of drug-likeness (QED) is 0.832.